The Kier molecular flexibility index (Phi) is 8.29. The lowest BCUT2D eigenvalue weighted by atomic mass is 10.1. The summed E-state index contributed by atoms with van der Waals surface area (Å²) >= 11 is 0. The number of nitrogens with one attached hydrogen (secondary N) is 1. The first-order valence-electron chi connectivity index (χ1n) is 14.0. The number of rotatable bonds is 7. The third-order valence-corrected chi connectivity index (χ3v) is 11.6. The Balaban J connectivity index is 1.28. The second-order valence-corrected chi connectivity index (χ2v) is 14.5. The number of aromatic nitrogens is 4. The SMILES string of the molecule is C#Cc1ccc2[nH]c(S(=O)(=O)N3CCN(C(=O)c4ncc(-c5cc[n+]([O-])cc5)cn4)C(CS(=O)(=O)N4CCOCC4)C3)cc2c1. The van der Waals surface area contributed by atoms with Gasteiger partial charge in [0.1, 0.15) is 5.03 Å². The van der Waals surface area contributed by atoms with Crippen LogP contribution in [-0.4, -0.2) is 109 Å². The standard InChI is InChI=1S/C29H29N7O7S2/c1-2-21-3-4-26-23(15-21)16-27(32-26)45(41,42)35-9-10-36(25(19-35)20-44(39,40)34-11-13-43-14-12-34)29(37)28-30-17-24(18-31-28)22-5-7-33(38)8-6-22/h1,3-8,15-18,25,32H,9-14,19-20H2. The van der Waals surface area contributed by atoms with E-state index in [1.807, 2.05) is 0 Å². The van der Waals surface area contributed by atoms with Crippen LogP contribution >= 0.6 is 0 Å². The van der Waals surface area contributed by atoms with Crippen molar-refractivity contribution in [1.29, 1.82) is 0 Å². The summed E-state index contributed by atoms with van der Waals surface area (Å²) in [5.41, 5.74) is 2.42. The van der Waals surface area contributed by atoms with Gasteiger partial charge in [0.05, 0.1) is 25.0 Å². The quantitative estimate of drug-likeness (QED) is 0.169. The van der Waals surface area contributed by atoms with E-state index in [9.17, 15) is 26.8 Å². The third kappa shape index (κ3) is 6.26. The van der Waals surface area contributed by atoms with Crippen LogP contribution in [0.4, 0.5) is 0 Å². The summed E-state index contributed by atoms with van der Waals surface area (Å²) in [5, 5.41) is 11.9. The summed E-state index contributed by atoms with van der Waals surface area (Å²) < 4.78 is 62.9. The first-order valence-corrected chi connectivity index (χ1v) is 17.1. The number of terminal acetylenes is 1. The number of H-pyrrole nitrogens is 1. The van der Waals surface area contributed by atoms with E-state index in [1.54, 1.807) is 30.3 Å². The summed E-state index contributed by atoms with van der Waals surface area (Å²) in [6.07, 6.45) is 11.0. The van der Waals surface area contributed by atoms with Gasteiger partial charge in [0, 0.05) is 79.3 Å². The van der Waals surface area contributed by atoms with Gasteiger partial charge in [-0.2, -0.15) is 13.3 Å². The fraction of sp³-hybridized carbons (Fsp3) is 0.310. The number of pyridine rings is 1. The van der Waals surface area contributed by atoms with Crippen LogP contribution in [0.3, 0.4) is 0 Å². The van der Waals surface area contributed by atoms with E-state index in [1.165, 1.54) is 44.4 Å². The predicted molar refractivity (Wildman–Crippen MR) is 162 cm³/mol. The van der Waals surface area contributed by atoms with Crippen molar-refractivity contribution in [3.05, 3.63) is 77.8 Å². The van der Waals surface area contributed by atoms with Crippen LogP contribution in [0.15, 0.2) is 66.2 Å². The number of piperazine rings is 1. The lowest BCUT2D eigenvalue weighted by Gasteiger charge is -2.41. The van der Waals surface area contributed by atoms with Crippen LogP contribution in [0.5, 0.6) is 0 Å². The molecule has 0 bridgehead atoms. The minimum atomic E-state index is -4.11. The molecule has 1 N–H and O–H groups in total. The Morgan fingerprint density at radius 3 is 2.40 bits per heavy atom. The minimum absolute atomic E-state index is 0.0661. The maximum atomic E-state index is 13.8. The predicted octanol–water partition coefficient (Wildman–Crippen LogP) is 0.417. The molecule has 0 spiro atoms. The molecule has 14 nitrogen and oxygen atoms in total. The molecule has 1 amide bonds. The van der Waals surface area contributed by atoms with Gasteiger partial charge in [0.15, 0.2) is 12.4 Å². The van der Waals surface area contributed by atoms with Crippen molar-refractivity contribution in [1.82, 2.24) is 28.5 Å². The van der Waals surface area contributed by atoms with Crippen LogP contribution < -0.4 is 4.73 Å². The maximum absolute atomic E-state index is 13.8. The molecule has 3 aromatic heterocycles. The molecule has 0 saturated carbocycles. The average Bonchev–Trinajstić information content (AvgIpc) is 3.50. The van der Waals surface area contributed by atoms with E-state index >= 15 is 0 Å². The molecule has 234 valence electrons. The van der Waals surface area contributed by atoms with Crippen LogP contribution in [0.1, 0.15) is 16.2 Å². The average molecular weight is 652 g/mol. The summed E-state index contributed by atoms with van der Waals surface area (Å²) in [7, 11) is -8.00. The van der Waals surface area contributed by atoms with Gasteiger partial charge >= 0.3 is 0 Å². The first kappa shape index (κ1) is 30.6. The van der Waals surface area contributed by atoms with E-state index in [-0.39, 0.29) is 56.8 Å². The van der Waals surface area contributed by atoms with Gasteiger partial charge in [-0.25, -0.2) is 26.8 Å². The second-order valence-electron chi connectivity index (χ2n) is 10.6. The molecule has 4 aromatic rings. The van der Waals surface area contributed by atoms with Crippen LogP contribution in [-0.2, 0) is 24.8 Å². The summed E-state index contributed by atoms with van der Waals surface area (Å²) in [6, 6.07) is 8.71. The second kappa shape index (κ2) is 12.2. The zero-order valence-electron chi connectivity index (χ0n) is 23.9. The number of benzene rings is 1. The Morgan fingerprint density at radius 1 is 1.00 bits per heavy atom. The molecular weight excluding hydrogens is 622 g/mol. The molecule has 2 aliphatic rings. The highest BCUT2D eigenvalue weighted by Gasteiger charge is 2.41. The number of aromatic amines is 1. The molecule has 5 heterocycles. The normalized spacial score (nSPS) is 18.6. The smallest absolute Gasteiger partial charge is 0.292 e. The molecule has 45 heavy (non-hydrogen) atoms. The number of fused-ring (bicyclic) bond motifs is 1. The van der Waals surface area contributed by atoms with Crippen molar-refractivity contribution in [2.75, 3.05) is 51.7 Å². The zero-order valence-corrected chi connectivity index (χ0v) is 25.6. The molecule has 1 unspecified atom stereocenters. The van der Waals surface area contributed by atoms with Gasteiger partial charge in [-0.1, -0.05) is 5.92 Å². The number of hydrogen-bond acceptors (Lipinski definition) is 9. The summed E-state index contributed by atoms with van der Waals surface area (Å²) in [6.45, 7) is 0.378. The number of nitrogens with zero attached hydrogens (tertiary/aromatic N) is 6. The van der Waals surface area contributed by atoms with Crippen LogP contribution in [0.25, 0.3) is 22.0 Å². The van der Waals surface area contributed by atoms with Crippen molar-refractivity contribution in [3.8, 4) is 23.5 Å². The monoisotopic (exact) mass is 651 g/mol. The number of ether oxygens (including phenoxy) is 1. The number of amides is 1. The van der Waals surface area contributed by atoms with E-state index in [2.05, 4.69) is 20.9 Å². The Labute approximate surface area is 259 Å². The maximum Gasteiger partial charge on any atom is 0.292 e. The van der Waals surface area contributed by atoms with Gasteiger partial charge < -0.3 is 19.8 Å². The molecule has 2 fully saturated rings. The van der Waals surface area contributed by atoms with Crippen molar-refractivity contribution in [2.45, 2.75) is 11.1 Å². The molecule has 0 aliphatic carbocycles. The van der Waals surface area contributed by atoms with Gasteiger partial charge in [-0.15, -0.1) is 6.42 Å². The van der Waals surface area contributed by atoms with E-state index < -0.39 is 37.7 Å². The first-order chi connectivity index (χ1) is 21.5. The van der Waals surface area contributed by atoms with E-state index in [4.69, 9.17) is 11.2 Å². The van der Waals surface area contributed by atoms with Gasteiger partial charge in [-0.05, 0) is 29.8 Å². The van der Waals surface area contributed by atoms with Gasteiger partial charge in [-0.3, -0.25) is 4.79 Å². The molecule has 16 heteroatoms. The lowest BCUT2D eigenvalue weighted by molar-refractivity contribution is -0.605. The highest BCUT2D eigenvalue weighted by atomic mass is 32.2. The molecule has 1 atom stereocenters. The van der Waals surface area contributed by atoms with E-state index in [0.717, 1.165) is 0 Å². The summed E-state index contributed by atoms with van der Waals surface area (Å²) in [5.74, 6) is 1.23. The Bertz CT molecular complexity index is 1990. The largest absolute Gasteiger partial charge is 0.619 e. The molecule has 0 radical (unpaired) electrons. The highest BCUT2D eigenvalue weighted by Crippen LogP contribution is 2.26. The Hall–Kier alpha value is -4.40. The van der Waals surface area contributed by atoms with Crippen LogP contribution in [0.2, 0.25) is 0 Å². The lowest BCUT2D eigenvalue weighted by Crippen LogP contribution is -2.60. The van der Waals surface area contributed by atoms with Crippen LogP contribution in [0, 0.1) is 17.6 Å². The minimum Gasteiger partial charge on any atom is -0.619 e. The Morgan fingerprint density at radius 2 is 1.71 bits per heavy atom. The molecule has 1 aromatic carbocycles. The number of carbonyl (C=O) groups excluding carboxylic acids is 1. The number of carbonyl (C=O) groups is 1. The molecular formula is C29H29N7O7S2. The topological polar surface area (TPSA) is 173 Å². The fourth-order valence-corrected chi connectivity index (χ4v) is 8.59. The molecule has 2 aliphatic heterocycles. The van der Waals surface area contributed by atoms with Crippen molar-refractivity contribution in [3.63, 3.8) is 0 Å². The van der Waals surface area contributed by atoms with Crippen molar-refractivity contribution in [2.24, 2.45) is 0 Å². The third-order valence-electron chi connectivity index (χ3n) is 7.83. The fourth-order valence-electron chi connectivity index (χ4n) is 5.42. The number of sulfonamides is 2. The van der Waals surface area contributed by atoms with Gasteiger partial charge in [0.2, 0.25) is 15.8 Å². The van der Waals surface area contributed by atoms with Gasteiger partial charge in [0.25, 0.3) is 15.9 Å². The number of hydrogen-bond donors (Lipinski definition) is 1. The molecule has 6 rings (SSSR count). The van der Waals surface area contributed by atoms with Crippen molar-refractivity contribution < 1.29 is 31.1 Å². The summed E-state index contributed by atoms with van der Waals surface area (Å²) in [4.78, 5) is 26.4. The van der Waals surface area contributed by atoms with E-state index in [0.29, 0.717) is 32.3 Å². The highest BCUT2D eigenvalue weighted by molar-refractivity contribution is 7.89. The van der Waals surface area contributed by atoms with Crippen molar-refractivity contribution >= 4 is 36.9 Å². The zero-order chi connectivity index (χ0) is 31.8. The number of morpholine rings is 1. The molecule has 2 saturated heterocycles.